The number of hydrogen-bond acceptors (Lipinski definition) is 3. The first-order valence-electron chi connectivity index (χ1n) is 5.95. The van der Waals surface area contributed by atoms with Gasteiger partial charge >= 0.3 is 5.97 Å². The molecule has 0 amide bonds. The summed E-state index contributed by atoms with van der Waals surface area (Å²) < 4.78 is 0. The van der Waals surface area contributed by atoms with E-state index in [2.05, 4.69) is 5.32 Å². The SMILES string of the molecule is O=C(O)CN/C=C1/CCCc2ccccc2C1=O. The van der Waals surface area contributed by atoms with Gasteiger partial charge in [0.05, 0.1) is 0 Å². The zero-order valence-electron chi connectivity index (χ0n) is 9.98. The van der Waals surface area contributed by atoms with Crippen molar-refractivity contribution >= 4 is 11.8 Å². The summed E-state index contributed by atoms with van der Waals surface area (Å²) in [5.74, 6) is -0.936. The molecule has 0 radical (unpaired) electrons. The van der Waals surface area contributed by atoms with Crippen LogP contribution in [0.15, 0.2) is 36.0 Å². The lowest BCUT2D eigenvalue weighted by atomic mass is 10.0. The first kappa shape index (κ1) is 12.4. The van der Waals surface area contributed by atoms with Crippen molar-refractivity contribution < 1.29 is 14.7 Å². The van der Waals surface area contributed by atoms with E-state index >= 15 is 0 Å². The molecule has 1 aromatic carbocycles. The fraction of sp³-hybridized carbons (Fsp3) is 0.286. The number of carbonyl (C=O) groups excluding carboxylic acids is 1. The van der Waals surface area contributed by atoms with Crippen molar-refractivity contribution in [3.05, 3.63) is 47.2 Å². The van der Waals surface area contributed by atoms with Crippen molar-refractivity contribution in [3.8, 4) is 0 Å². The van der Waals surface area contributed by atoms with Crippen LogP contribution in [-0.4, -0.2) is 23.4 Å². The topological polar surface area (TPSA) is 66.4 Å². The van der Waals surface area contributed by atoms with E-state index in [1.54, 1.807) is 6.20 Å². The first-order valence-corrected chi connectivity index (χ1v) is 5.95. The van der Waals surface area contributed by atoms with E-state index in [0.717, 1.165) is 24.0 Å². The molecular formula is C14H15NO3. The summed E-state index contributed by atoms with van der Waals surface area (Å²) in [6, 6.07) is 7.59. The number of allylic oxidation sites excluding steroid dienone is 1. The highest BCUT2D eigenvalue weighted by atomic mass is 16.4. The first-order chi connectivity index (χ1) is 8.68. The molecule has 94 valence electrons. The van der Waals surface area contributed by atoms with Crippen molar-refractivity contribution in [2.75, 3.05) is 6.54 Å². The van der Waals surface area contributed by atoms with E-state index in [0.29, 0.717) is 12.0 Å². The molecule has 0 aliphatic heterocycles. The standard InChI is InChI=1S/C14H15NO3/c16-13(17)9-15-8-11-6-3-5-10-4-1-2-7-12(10)14(11)18/h1-2,4,7-8,15H,3,5-6,9H2,(H,16,17)/b11-8-. The summed E-state index contributed by atoms with van der Waals surface area (Å²) >= 11 is 0. The van der Waals surface area contributed by atoms with Gasteiger partial charge in [0, 0.05) is 17.3 Å². The van der Waals surface area contributed by atoms with Crippen LogP contribution in [0, 0.1) is 0 Å². The van der Waals surface area contributed by atoms with Crippen LogP contribution in [0.5, 0.6) is 0 Å². The zero-order valence-corrected chi connectivity index (χ0v) is 9.98. The summed E-state index contributed by atoms with van der Waals surface area (Å²) in [5.41, 5.74) is 2.46. The second-order valence-electron chi connectivity index (χ2n) is 4.28. The molecule has 0 aromatic heterocycles. The van der Waals surface area contributed by atoms with Crippen LogP contribution in [0.2, 0.25) is 0 Å². The molecule has 1 aromatic rings. The van der Waals surface area contributed by atoms with Crippen LogP contribution >= 0.6 is 0 Å². The molecule has 2 N–H and O–H groups in total. The highest BCUT2D eigenvalue weighted by Gasteiger charge is 2.19. The number of nitrogens with one attached hydrogen (secondary N) is 1. The molecule has 0 saturated carbocycles. The number of Topliss-reactive ketones (excluding diaryl/α,β-unsaturated/α-hetero) is 1. The number of hydrogen-bond donors (Lipinski definition) is 2. The number of carbonyl (C=O) groups is 2. The molecule has 4 nitrogen and oxygen atoms in total. The quantitative estimate of drug-likeness (QED) is 0.629. The van der Waals surface area contributed by atoms with Gasteiger partial charge in [0.1, 0.15) is 6.54 Å². The van der Waals surface area contributed by atoms with Gasteiger partial charge in [0.15, 0.2) is 5.78 Å². The van der Waals surface area contributed by atoms with Crippen LogP contribution in [0.3, 0.4) is 0 Å². The third-order valence-corrected chi connectivity index (χ3v) is 2.98. The Kier molecular flexibility index (Phi) is 3.77. The predicted molar refractivity (Wildman–Crippen MR) is 67.4 cm³/mol. The molecule has 0 fully saturated rings. The number of rotatable bonds is 3. The molecule has 18 heavy (non-hydrogen) atoms. The van der Waals surface area contributed by atoms with Crippen LogP contribution in [0.1, 0.15) is 28.8 Å². The Hall–Kier alpha value is -2.10. The molecule has 0 heterocycles. The van der Waals surface area contributed by atoms with Crippen molar-refractivity contribution in [1.82, 2.24) is 5.32 Å². The lowest BCUT2D eigenvalue weighted by Gasteiger charge is -2.05. The fourth-order valence-corrected chi connectivity index (χ4v) is 2.11. The number of benzene rings is 1. The maximum atomic E-state index is 12.3. The molecular weight excluding hydrogens is 230 g/mol. The molecule has 0 bridgehead atoms. The maximum Gasteiger partial charge on any atom is 0.322 e. The van der Waals surface area contributed by atoms with E-state index in [1.807, 2.05) is 24.3 Å². The largest absolute Gasteiger partial charge is 0.480 e. The van der Waals surface area contributed by atoms with Crippen molar-refractivity contribution in [3.63, 3.8) is 0 Å². The van der Waals surface area contributed by atoms with Gasteiger partial charge in [-0.15, -0.1) is 0 Å². The minimum atomic E-state index is -0.937. The van der Waals surface area contributed by atoms with Gasteiger partial charge in [0.25, 0.3) is 0 Å². The minimum absolute atomic E-state index is 0.000916. The van der Waals surface area contributed by atoms with Crippen LogP contribution in [0.25, 0.3) is 0 Å². The number of aryl methyl sites for hydroxylation is 1. The summed E-state index contributed by atoms with van der Waals surface area (Å²) in [7, 11) is 0. The third-order valence-electron chi connectivity index (χ3n) is 2.98. The minimum Gasteiger partial charge on any atom is -0.480 e. The Morgan fingerprint density at radius 1 is 1.33 bits per heavy atom. The second kappa shape index (κ2) is 5.49. The van der Waals surface area contributed by atoms with Crippen LogP contribution in [0.4, 0.5) is 0 Å². The Balaban J connectivity index is 2.20. The number of ketones is 1. The fourth-order valence-electron chi connectivity index (χ4n) is 2.11. The van der Waals surface area contributed by atoms with E-state index in [1.165, 1.54) is 0 Å². The molecule has 0 atom stereocenters. The highest BCUT2D eigenvalue weighted by Crippen LogP contribution is 2.23. The number of fused-ring (bicyclic) bond motifs is 1. The molecule has 4 heteroatoms. The molecule has 2 rings (SSSR count). The van der Waals surface area contributed by atoms with Crippen molar-refractivity contribution in [2.45, 2.75) is 19.3 Å². The van der Waals surface area contributed by atoms with Crippen molar-refractivity contribution in [2.24, 2.45) is 0 Å². The summed E-state index contributed by atoms with van der Waals surface area (Å²) in [6.07, 6.45) is 4.01. The third kappa shape index (κ3) is 2.77. The average Bonchev–Trinajstić information content (AvgIpc) is 2.50. The van der Waals surface area contributed by atoms with Gasteiger partial charge in [0.2, 0.25) is 0 Å². The monoisotopic (exact) mass is 245 g/mol. The Labute approximate surface area is 105 Å². The maximum absolute atomic E-state index is 12.3. The van der Waals surface area contributed by atoms with Gasteiger partial charge in [-0.1, -0.05) is 24.3 Å². The zero-order chi connectivity index (χ0) is 13.0. The average molecular weight is 245 g/mol. The smallest absolute Gasteiger partial charge is 0.322 e. The molecule has 1 aliphatic rings. The summed E-state index contributed by atoms with van der Waals surface area (Å²) in [5, 5.41) is 11.2. The Morgan fingerprint density at radius 2 is 2.11 bits per heavy atom. The molecule has 0 spiro atoms. The lowest BCUT2D eigenvalue weighted by Crippen LogP contribution is -2.18. The molecule has 1 aliphatic carbocycles. The van der Waals surface area contributed by atoms with Gasteiger partial charge in [-0.05, 0) is 24.8 Å². The van der Waals surface area contributed by atoms with E-state index in [9.17, 15) is 9.59 Å². The van der Waals surface area contributed by atoms with E-state index in [-0.39, 0.29) is 12.3 Å². The normalized spacial score (nSPS) is 17.1. The lowest BCUT2D eigenvalue weighted by molar-refractivity contribution is -0.135. The van der Waals surface area contributed by atoms with Crippen LogP contribution < -0.4 is 5.32 Å². The molecule has 0 saturated heterocycles. The number of aliphatic carboxylic acids is 1. The number of carboxylic acids is 1. The van der Waals surface area contributed by atoms with E-state index < -0.39 is 5.97 Å². The molecule has 0 unspecified atom stereocenters. The van der Waals surface area contributed by atoms with Crippen LogP contribution in [-0.2, 0) is 11.2 Å². The second-order valence-corrected chi connectivity index (χ2v) is 4.28. The predicted octanol–water partition coefficient (Wildman–Crippen LogP) is 1.76. The Morgan fingerprint density at radius 3 is 2.89 bits per heavy atom. The van der Waals surface area contributed by atoms with Gasteiger partial charge in [-0.2, -0.15) is 0 Å². The van der Waals surface area contributed by atoms with Crippen molar-refractivity contribution in [1.29, 1.82) is 0 Å². The van der Waals surface area contributed by atoms with Gasteiger partial charge in [-0.25, -0.2) is 0 Å². The summed E-state index contributed by atoms with van der Waals surface area (Å²) in [4.78, 5) is 22.7. The highest BCUT2D eigenvalue weighted by molar-refractivity contribution is 6.09. The summed E-state index contributed by atoms with van der Waals surface area (Å²) in [6.45, 7) is -0.168. The number of carboxylic acid groups (broad SMARTS) is 1. The van der Waals surface area contributed by atoms with E-state index in [4.69, 9.17) is 5.11 Å². The van der Waals surface area contributed by atoms with Gasteiger partial charge in [-0.3, -0.25) is 9.59 Å². The Bertz CT molecular complexity index is 506. The van der Waals surface area contributed by atoms with Gasteiger partial charge < -0.3 is 10.4 Å².